The van der Waals surface area contributed by atoms with Gasteiger partial charge < -0.3 is 5.11 Å². The summed E-state index contributed by atoms with van der Waals surface area (Å²) in [6.45, 7) is 7.51. The van der Waals surface area contributed by atoms with Crippen LogP contribution in [0.2, 0.25) is 0 Å². The average Bonchev–Trinajstić information content (AvgIpc) is 2.49. The number of phenolic OH excluding ortho intramolecular Hbond substituents is 1. The van der Waals surface area contributed by atoms with Gasteiger partial charge in [0.1, 0.15) is 28.9 Å². The molecule has 1 N–H and O–H groups in total. The number of hydrogen-bond acceptors (Lipinski definition) is 5. The fourth-order valence-corrected chi connectivity index (χ4v) is 4.92. The molecule has 0 unspecified atom stereocenters. The quantitative estimate of drug-likeness (QED) is 0.804. The highest BCUT2D eigenvalue weighted by Gasteiger charge is 2.52. The van der Waals surface area contributed by atoms with Crippen molar-refractivity contribution in [3.05, 3.63) is 29.8 Å². The first-order valence-electron chi connectivity index (χ1n) is 9.80. The van der Waals surface area contributed by atoms with Crippen molar-refractivity contribution in [2.45, 2.75) is 59.3 Å². The number of aromatic hydroxyl groups is 1. The minimum Gasteiger partial charge on any atom is -0.508 e. The summed E-state index contributed by atoms with van der Waals surface area (Å²) in [5, 5.41) is 9.95. The van der Waals surface area contributed by atoms with Crippen molar-refractivity contribution in [2.24, 2.45) is 22.7 Å². The van der Waals surface area contributed by atoms with Crippen LogP contribution in [0.4, 0.5) is 0 Å². The van der Waals surface area contributed by atoms with E-state index in [1.165, 1.54) is 12.1 Å². The molecular weight excluding hydrogens is 356 g/mol. The maximum absolute atomic E-state index is 13.0. The van der Waals surface area contributed by atoms with Crippen molar-refractivity contribution in [1.82, 2.24) is 0 Å². The van der Waals surface area contributed by atoms with Crippen LogP contribution in [-0.4, -0.2) is 28.2 Å². The Morgan fingerprint density at radius 3 is 1.54 bits per heavy atom. The Bertz CT molecular complexity index is 760. The Hall–Kier alpha value is -2.30. The summed E-state index contributed by atoms with van der Waals surface area (Å²) in [5.41, 5.74) is -0.342. The first-order chi connectivity index (χ1) is 12.9. The van der Waals surface area contributed by atoms with Crippen molar-refractivity contribution >= 4 is 23.1 Å². The Labute approximate surface area is 165 Å². The molecule has 0 saturated heterocycles. The van der Waals surface area contributed by atoms with Crippen LogP contribution in [0.15, 0.2) is 24.3 Å². The molecule has 2 fully saturated rings. The molecule has 3 rings (SSSR count). The molecule has 28 heavy (non-hydrogen) atoms. The maximum Gasteiger partial charge on any atom is 0.144 e. The van der Waals surface area contributed by atoms with Gasteiger partial charge in [0.2, 0.25) is 0 Å². The van der Waals surface area contributed by atoms with Gasteiger partial charge in [-0.1, -0.05) is 39.8 Å². The summed E-state index contributed by atoms with van der Waals surface area (Å²) in [4.78, 5) is 52.0. The van der Waals surface area contributed by atoms with Gasteiger partial charge >= 0.3 is 0 Å². The van der Waals surface area contributed by atoms with Crippen LogP contribution in [0.5, 0.6) is 5.75 Å². The van der Waals surface area contributed by atoms with Crippen molar-refractivity contribution in [3.63, 3.8) is 0 Å². The van der Waals surface area contributed by atoms with Crippen molar-refractivity contribution in [3.8, 4) is 5.75 Å². The zero-order valence-electron chi connectivity index (χ0n) is 17.0. The molecule has 0 heterocycles. The molecule has 0 spiro atoms. The van der Waals surface area contributed by atoms with Gasteiger partial charge in [-0.05, 0) is 28.5 Å². The minimum atomic E-state index is -1.02. The zero-order chi connectivity index (χ0) is 20.9. The molecule has 2 saturated carbocycles. The predicted molar refractivity (Wildman–Crippen MR) is 104 cm³/mol. The predicted octanol–water partition coefficient (Wildman–Crippen LogP) is 3.62. The fraction of sp³-hybridized carbons (Fsp3) is 0.565. The summed E-state index contributed by atoms with van der Waals surface area (Å²) >= 11 is 0. The first-order valence-corrected chi connectivity index (χ1v) is 9.80. The summed E-state index contributed by atoms with van der Waals surface area (Å²) in [5.74, 6) is -3.79. The zero-order valence-corrected chi connectivity index (χ0v) is 17.0. The van der Waals surface area contributed by atoms with E-state index in [-0.39, 0.29) is 54.6 Å². The first kappa shape index (κ1) is 20.4. The van der Waals surface area contributed by atoms with E-state index in [0.717, 1.165) is 0 Å². The summed E-state index contributed by atoms with van der Waals surface area (Å²) < 4.78 is 0. The third kappa shape index (κ3) is 3.94. The van der Waals surface area contributed by atoms with Crippen molar-refractivity contribution in [1.29, 1.82) is 0 Å². The van der Waals surface area contributed by atoms with E-state index >= 15 is 0 Å². The number of rotatable bonds is 3. The fourth-order valence-electron chi connectivity index (χ4n) is 4.92. The van der Waals surface area contributed by atoms with E-state index in [0.29, 0.717) is 5.56 Å². The molecule has 0 atom stereocenters. The third-order valence-corrected chi connectivity index (χ3v) is 5.97. The van der Waals surface area contributed by atoms with Gasteiger partial charge in [0, 0.05) is 31.6 Å². The molecule has 150 valence electrons. The molecule has 0 radical (unpaired) electrons. The molecule has 1 aromatic carbocycles. The van der Waals surface area contributed by atoms with Crippen LogP contribution >= 0.6 is 0 Å². The molecule has 0 bridgehead atoms. The van der Waals surface area contributed by atoms with Gasteiger partial charge in [0.25, 0.3) is 0 Å². The Morgan fingerprint density at radius 2 is 1.18 bits per heavy atom. The molecule has 1 aromatic rings. The summed E-state index contributed by atoms with van der Waals surface area (Å²) in [6.07, 6.45) is 0.942. The third-order valence-electron chi connectivity index (χ3n) is 5.97. The second-order valence-electron chi connectivity index (χ2n) is 9.98. The number of carbonyl (C=O) groups is 4. The topological polar surface area (TPSA) is 88.5 Å². The lowest BCUT2D eigenvalue weighted by atomic mass is 9.59. The maximum atomic E-state index is 13.0. The van der Waals surface area contributed by atoms with E-state index in [9.17, 15) is 24.3 Å². The smallest absolute Gasteiger partial charge is 0.144 e. The van der Waals surface area contributed by atoms with E-state index in [4.69, 9.17) is 0 Å². The van der Waals surface area contributed by atoms with E-state index in [1.54, 1.807) is 12.1 Å². The number of ketones is 4. The van der Waals surface area contributed by atoms with Crippen molar-refractivity contribution < 1.29 is 24.3 Å². The highest BCUT2D eigenvalue weighted by molar-refractivity contribution is 6.11. The van der Waals surface area contributed by atoms with Gasteiger partial charge in [0.15, 0.2) is 0 Å². The summed E-state index contributed by atoms with van der Waals surface area (Å²) in [7, 11) is 0. The number of carbonyl (C=O) groups excluding carboxylic acids is 4. The highest BCUT2D eigenvalue weighted by Crippen LogP contribution is 2.47. The lowest BCUT2D eigenvalue weighted by molar-refractivity contribution is -0.145. The highest BCUT2D eigenvalue weighted by atomic mass is 16.3. The lowest BCUT2D eigenvalue weighted by Crippen LogP contribution is -2.48. The van der Waals surface area contributed by atoms with Crippen LogP contribution in [0.1, 0.15) is 64.9 Å². The monoisotopic (exact) mass is 384 g/mol. The molecule has 5 nitrogen and oxygen atoms in total. The number of benzene rings is 1. The van der Waals surface area contributed by atoms with E-state index in [1.807, 2.05) is 27.7 Å². The Balaban J connectivity index is 2.09. The SMILES string of the molecule is CC1(C)CC(=O)C(C(c2cccc(O)c2)C2C(=O)CC(C)(C)CC2=O)C(=O)C1. The Kier molecular flexibility index (Phi) is 5.07. The standard InChI is InChI=1S/C23H28O5/c1-22(2)9-15(25)20(16(26)10-22)19(13-6-5-7-14(24)8-13)21-17(27)11-23(3,4)12-18(21)28/h5-8,19-21,24H,9-12H2,1-4H3. The van der Waals surface area contributed by atoms with Gasteiger partial charge in [-0.25, -0.2) is 0 Å². The number of phenols is 1. The van der Waals surface area contributed by atoms with Crippen LogP contribution in [0.3, 0.4) is 0 Å². The van der Waals surface area contributed by atoms with Gasteiger partial charge in [0.05, 0.1) is 11.8 Å². The van der Waals surface area contributed by atoms with E-state index < -0.39 is 28.6 Å². The minimum absolute atomic E-state index is 0.0189. The largest absolute Gasteiger partial charge is 0.508 e. The van der Waals surface area contributed by atoms with Gasteiger partial charge in [-0.3, -0.25) is 19.2 Å². The normalized spacial score (nSPS) is 23.5. The molecule has 2 aliphatic carbocycles. The molecule has 2 aliphatic rings. The van der Waals surface area contributed by atoms with Crippen LogP contribution in [0, 0.1) is 22.7 Å². The van der Waals surface area contributed by atoms with Gasteiger partial charge in [-0.15, -0.1) is 0 Å². The second-order valence-corrected chi connectivity index (χ2v) is 9.98. The molecule has 0 aromatic heterocycles. The van der Waals surface area contributed by atoms with Crippen LogP contribution < -0.4 is 0 Å². The molecule has 0 amide bonds. The number of hydrogen-bond donors (Lipinski definition) is 1. The second kappa shape index (κ2) is 6.94. The molecular formula is C23H28O5. The average molecular weight is 384 g/mol. The Morgan fingerprint density at radius 1 is 0.786 bits per heavy atom. The van der Waals surface area contributed by atoms with Crippen LogP contribution in [0.25, 0.3) is 0 Å². The summed E-state index contributed by atoms with van der Waals surface area (Å²) in [6, 6.07) is 6.25. The molecule has 0 aliphatic heterocycles. The van der Waals surface area contributed by atoms with Crippen LogP contribution in [-0.2, 0) is 19.2 Å². The van der Waals surface area contributed by atoms with E-state index in [2.05, 4.69) is 0 Å². The van der Waals surface area contributed by atoms with Gasteiger partial charge in [-0.2, -0.15) is 0 Å². The van der Waals surface area contributed by atoms with Crippen molar-refractivity contribution in [2.75, 3.05) is 0 Å². The molecule has 5 heteroatoms. The lowest BCUT2D eigenvalue weighted by Gasteiger charge is -2.41. The number of Topliss-reactive ketones (excluding diaryl/α,β-unsaturated/α-hetero) is 4.